The van der Waals surface area contributed by atoms with Gasteiger partial charge in [-0.3, -0.25) is 20.1 Å². The van der Waals surface area contributed by atoms with Gasteiger partial charge in [-0.15, -0.1) is 0 Å². The van der Waals surface area contributed by atoms with E-state index in [0.29, 0.717) is 17.7 Å². The SMILES string of the molecule is COc1ccc2nc(NC(=O)c3cc(C4CCCN4C)[nH]n3)[nH]c2c1. The number of fused-ring (bicyclic) bond motifs is 1. The number of amides is 1. The van der Waals surface area contributed by atoms with E-state index < -0.39 is 0 Å². The van der Waals surface area contributed by atoms with Crippen LogP contribution >= 0.6 is 0 Å². The fourth-order valence-corrected chi connectivity index (χ4v) is 3.27. The molecule has 3 heterocycles. The summed E-state index contributed by atoms with van der Waals surface area (Å²) in [6.07, 6.45) is 2.23. The second-order valence-electron chi connectivity index (χ2n) is 6.27. The predicted octanol–water partition coefficient (Wildman–Crippen LogP) is 2.31. The molecule has 1 atom stereocenters. The molecule has 4 rings (SSSR count). The first kappa shape index (κ1) is 15.6. The topological polar surface area (TPSA) is 98.9 Å². The quantitative estimate of drug-likeness (QED) is 0.677. The third kappa shape index (κ3) is 2.96. The van der Waals surface area contributed by atoms with Crippen LogP contribution in [-0.4, -0.2) is 51.7 Å². The zero-order valence-electron chi connectivity index (χ0n) is 14.2. The first-order valence-electron chi connectivity index (χ1n) is 8.24. The summed E-state index contributed by atoms with van der Waals surface area (Å²) in [5.74, 6) is 0.816. The molecule has 1 saturated heterocycles. The van der Waals surface area contributed by atoms with Gasteiger partial charge < -0.3 is 9.72 Å². The lowest BCUT2D eigenvalue weighted by Gasteiger charge is -2.16. The van der Waals surface area contributed by atoms with E-state index in [1.807, 2.05) is 24.3 Å². The van der Waals surface area contributed by atoms with E-state index in [9.17, 15) is 4.79 Å². The van der Waals surface area contributed by atoms with Gasteiger partial charge in [0, 0.05) is 6.07 Å². The highest BCUT2D eigenvalue weighted by molar-refractivity contribution is 6.02. The predicted molar refractivity (Wildman–Crippen MR) is 93.8 cm³/mol. The van der Waals surface area contributed by atoms with Crippen molar-refractivity contribution in [3.63, 3.8) is 0 Å². The van der Waals surface area contributed by atoms with Crippen LogP contribution in [-0.2, 0) is 0 Å². The van der Waals surface area contributed by atoms with E-state index in [0.717, 1.165) is 41.9 Å². The minimum absolute atomic E-state index is 0.297. The van der Waals surface area contributed by atoms with Gasteiger partial charge in [0.2, 0.25) is 5.95 Å². The number of nitrogens with one attached hydrogen (secondary N) is 3. The Bertz CT molecular complexity index is 915. The van der Waals surface area contributed by atoms with Gasteiger partial charge in [-0.1, -0.05) is 0 Å². The molecular formula is C17H20N6O2. The van der Waals surface area contributed by atoms with Crippen LogP contribution in [0, 0.1) is 0 Å². The fourth-order valence-electron chi connectivity index (χ4n) is 3.27. The number of hydrogen-bond donors (Lipinski definition) is 3. The van der Waals surface area contributed by atoms with Gasteiger partial charge in [0.05, 0.1) is 29.9 Å². The summed E-state index contributed by atoms with van der Waals surface area (Å²) in [5, 5.41) is 9.89. The number of H-pyrrole nitrogens is 2. The van der Waals surface area contributed by atoms with Crippen molar-refractivity contribution in [2.75, 3.05) is 26.0 Å². The molecule has 1 aliphatic heterocycles. The standard InChI is InChI=1S/C17H20N6O2/c1-23-7-3-4-15(23)13-9-14(22-21-13)16(24)20-17-18-11-6-5-10(25-2)8-12(11)19-17/h5-6,8-9,15H,3-4,7H2,1-2H3,(H,21,22)(H2,18,19,20,24). The van der Waals surface area contributed by atoms with Gasteiger partial charge in [-0.25, -0.2) is 4.98 Å². The summed E-state index contributed by atoms with van der Waals surface area (Å²) < 4.78 is 5.19. The second kappa shape index (κ2) is 6.21. The van der Waals surface area contributed by atoms with Gasteiger partial charge in [0.25, 0.3) is 5.91 Å². The molecule has 0 radical (unpaired) electrons. The Morgan fingerprint density at radius 1 is 1.40 bits per heavy atom. The number of aromatic nitrogens is 4. The maximum atomic E-state index is 12.4. The van der Waals surface area contributed by atoms with Crippen molar-refractivity contribution < 1.29 is 9.53 Å². The number of carbonyl (C=O) groups is 1. The van der Waals surface area contributed by atoms with E-state index in [4.69, 9.17) is 4.74 Å². The number of hydrogen-bond acceptors (Lipinski definition) is 5. The Labute approximate surface area is 144 Å². The molecule has 25 heavy (non-hydrogen) atoms. The Balaban J connectivity index is 1.51. The third-order valence-corrected chi connectivity index (χ3v) is 4.63. The van der Waals surface area contributed by atoms with Crippen LogP contribution in [0.4, 0.5) is 5.95 Å². The molecule has 1 unspecified atom stereocenters. The van der Waals surface area contributed by atoms with Crippen molar-refractivity contribution in [1.82, 2.24) is 25.1 Å². The van der Waals surface area contributed by atoms with E-state index in [2.05, 4.69) is 37.4 Å². The monoisotopic (exact) mass is 340 g/mol. The maximum absolute atomic E-state index is 12.4. The van der Waals surface area contributed by atoms with Gasteiger partial charge in [-0.2, -0.15) is 5.10 Å². The molecule has 3 aromatic rings. The molecule has 0 bridgehead atoms. The summed E-state index contributed by atoms with van der Waals surface area (Å²) in [4.78, 5) is 22.1. The van der Waals surface area contributed by atoms with Crippen LogP contribution in [0.2, 0.25) is 0 Å². The Morgan fingerprint density at radius 3 is 3.04 bits per heavy atom. The number of benzene rings is 1. The number of carbonyl (C=O) groups excluding carboxylic acids is 1. The lowest BCUT2D eigenvalue weighted by Crippen LogP contribution is -2.17. The lowest BCUT2D eigenvalue weighted by atomic mass is 10.1. The molecule has 2 aromatic heterocycles. The van der Waals surface area contributed by atoms with Crippen LogP contribution in [0.25, 0.3) is 11.0 Å². The zero-order valence-corrected chi connectivity index (χ0v) is 14.2. The molecule has 0 saturated carbocycles. The largest absolute Gasteiger partial charge is 0.497 e. The Morgan fingerprint density at radius 2 is 2.28 bits per heavy atom. The highest BCUT2D eigenvalue weighted by Gasteiger charge is 2.25. The van der Waals surface area contributed by atoms with E-state index in [1.54, 1.807) is 7.11 Å². The molecule has 1 aliphatic rings. The van der Waals surface area contributed by atoms with Crippen molar-refractivity contribution in [2.24, 2.45) is 0 Å². The molecule has 130 valence electrons. The summed E-state index contributed by atoms with van der Waals surface area (Å²) in [5.41, 5.74) is 2.88. The maximum Gasteiger partial charge on any atom is 0.278 e. The molecule has 8 nitrogen and oxygen atoms in total. The molecule has 0 aliphatic carbocycles. The minimum Gasteiger partial charge on any atom is -0.497 e. The lowest BCUT2D eigenvalue weighted by molar-refractivity contribution is 0.102. The minimum atomic E-state index is -0.297. The molecule has 0 spiro atoms. The number of ether oxygens (including phenoxy) is 1. The van der Waals surface area contributed by atoms with E-state index in [-0.39, 0.29) is 5.91 Å². The van der Waals surface area contributed by atoms with Crippen molar-refractivity contribution in [3.8, 4) is 5.75 Å². The molecule has 1 aromatic carbocycles. The number of aromatic amines is 2. The van der Waals surface area contributed by atoms with Crippen LogP contribution in [0.15, 0.2) is 24.3 Å². The summed E-state index contributed by atoms with van der Waals surface area (Å²) in [6, 6.07) is 7.61. The van der Waals surface area contributed by atoms with Crippen molar-refractivity contribution >= 4 is 22.9 Å². The Kier molecular flexibility index (Phi) is 3.89. The van der Waals surface area contributed by atoms with Crippen LogP contribution in [0.5, 0.6) is 5.75 Å². The highest BCUT2D eigenvalue weighted by atomic mass is 16.5. The molecular weight excluding hydrogens is 320 g/mol. The van der Waals surface area contributed by atoms with Gasteiger partial charge in [0.15, 0.2) is 5.69 Å². The fraction of sp³-hybridized carbons (Fsp3) is 0.353. The van der Waals surface area contributed by atoms with Crippen LogP contribution in [0.3, 0.4) is 0 Å². The molecule has 1 fully saturated rings. The second-order valence-corrected chi connectivity index (χ2v) is 6.27. The van der Waals surface area contributed by atoms with Crippen LogP contribution < -0.4 is 10.1 Å². The van der Waals surface area contributed by atoms with E-state index >= 15 is 0 Å². The van der Waals surface area contributed by atoms with Gasteiger partial charge >= 0.3 is 0 Å². The average Bonchev–Trinajstić information content (AvgIpc) is 3.32. The third-order valence-electron chi connectivity index (χ3n) is 4.63. The summed E-state index contributed by atoms with van der Waals surface area (Å²) in [6.45, 7) is 1.06. The number of nitrogens with zero attached hydrogens (tertiary/aromatic N) is 3. The molecule has 8 heteroatoms. The van der Waals surface area contributed by atoms with Crippen LogP contribution in [0.1, 0.15) is 35.1 Å². The summed E-state index contributed by atoms with van der Waals surface area (Å²) >= 11 is 0. The van der Waals surface area contributed by atoms with Crippen molar-refractivity contribution in [1.29, 1.82) is 0 Å². The molecule has 3 N–H and O–H groups in total. The first-order chi connectivity index (χ1) is 12.1. The smallest absolute Gasteiger partial charge is 0.278 e. The number of anilines is 1. The highest BCUT2D eigenvalue weighted by Crippen LogP contribution is 2.29. The molecule has 1 amide bonds. The number of methoxy groups -OCH3 is 1. The Hall–Kier alpha value is -2.87. The normalized spacial score (nSPS) is 17.9. The summed E-state index contributed by atoms with van der Waals surface area (Å²) in [7, 11) is 3.69. The van der Waals surface area contributed by atoms with E-state index in [1.165, 1.54) is 0 Å². The van der Waals surface area contributed by atoms with Crippen molar-refractivity contribution in [3.05, 3.63) is 35.7 Å². The number of rotatable bonds is 4. The zero-order chi connectivity index (χ0) is 17.4. The van der Waals surface area contributed by atoms with Gasteiger partial charge in [-0.05, 0) is 44.6 Å². The van der Waals surface area contributed by atoms with Crippen molar-refractivity contribution in [2.45, 2.75) is 18.9 Å². The average molecular weight is 340 g/mol. The first-order valence-corrected chi connectivity index (χ1v) is 8.24. The number of likely N-dealkylation sites (tertiary alicyclic amines) is 1. The number of imidazole rings is 1. The van der Waals surface area contributed by atoms with Gasteiger partial charge in [0.1, 0.15) is 5.75 Å².